The number of hydrogen-bond acceptors (Lipinski definition) is 4. The molecule has 0 unspecified atom stereocenters. The molecule has 3 N–H and O–H groups in total. The van der Waals surface area contributed by atoms with Crippen LogP contribution in [-0.4, -0.2) is 25.0 Å². The number of carbonyl (C=O) groups excluding carboxylic acids is 2. The standard InChI is InChI=1S/C14H20N2O3/c1-9(2)8-12(14(18)19-3)16-13(17)10-6-4-5-7-11(10)15/h4-7,9,12H,8,15H2,1-3H3,(H,16,17)/t12-/m0/s1. The molecular weight excluding hydrogens is 244 g/mol. The lowest BCUT2D eigenvalue weighted by Crippen LogP contribution is -2.42. The molecule has 0 spiro atoms. The topological polar surface area (TPSA) is 81.4 Å². The smallest absolute Gasteiger partial charge is 0.328 e. The minimum Gasteiger partial charge on any atom is -0.467 e. The molecule has 19 heavy (non-hydrogen) atoms. The largest absolute Gasteiger partial charge is 0.467 e. The van der Waals surface area contributed by atoms with Crippen LogP contribution in [0.25, 0.3) is 0 Å². The number of hydrogen-bond donors (Lipinski definition) is 2. The molecule has 0 aliphatic heterocycles. The summed E-state index contributed by atoms with van der Waals surface area (Å²) in [7, 11) is 1.30. The van der Waals surface area contributed by atoms with E-state index in [4.69, 9.17) is 10.5 Å². The summed E-state index contributed by atoms with van der Waals surface area (Å²) in [5.74, 6) is -0.553. The monoisotopic (exact) mass is 264 g/mol. The molecule has 0 saturated heterocycles. The zero-order valence-electron chi connectivity index (χ0n) is 11.5. The number of nitrogens with one attached hydrogen (secondary N) is 1. The van der Waals surface area contributed by atoms with Crippen molar-refractivity contribution in [1.29, 1.82) is 0 Å². The van der Waals surface area contributed by atoms with Gasteiger partial charge in [0.05, 0.1) is 12.7 Å². The van der Waals surface area contributed by atoms with Gasteiger partial charge in [-0.3, -0.25) is 4.79 Å². The fourth-order valence-corrected chi connectivity index (χ4v) is 1.77. The maximum absolute atomic E-state index is 12.1. The maximum Gasteiger partial charge on any atom is 0.328 e. The number of carbonyl (C=O) groups is 2. The van der Waals surface area contributed by atoms with Crippen LogP contribution in [0.2, 0.25) is 0 Å². The molecule has 1 atom stereocenters. The lowest BCUT2D eigenvalue weighted by Gasteiger charge is -2.18. The Kier molecular flexibility index (Phi) is 5.36. The highest BCUT2D eigenvalue weighted by Gasteiger charge is 2.23. The average molecular weight is 264 g/mol. The summed E-state index contributed by atoms with van der Waals surface area (Å²) in [5, 5.41) is 2.66. The maximum atomic E-state index is 12.1. The first kappa shape index (κ1) is 15.0. The third-order valence-electron chi connectivity index (χ3n) is 2.70. The molecule has 0 saturated carbocycles. The first-order valence-electron chi connectivity index (χ1n) is 6.19. The predicted molar refractivity (Wildman–Crippen MR) is 73.6 cm³/mol. The third kappa shape index (κ3) is 4.28. The Hall–Kier alpha value is -2.04. The molecule has 0 aliphatic carbocycles. The number of ether oxygens (including phenoxy) is 1. The highest BCUT2D eigenvalue weighted by atomic mass is 16.5. The van der Waals surface area contributed by atoms with E-state index in [-0.39, 0.29) is 11.8 Å². The number of anilines is 1. The molecule has 0 bridgehead atoms. The van der Waals surface area contributed by atoms with Crippen LogP contribution in [0.5, 0.6) is 0 Å². The van der Waals surface area contributed by atoms with Gasteiger partial charge in [-0.15, -0.1) is 0 Å². The van der Waals surface area contributed by atoms with Crippen LogP contribution < -0.4 is 11.1 Å². The summed E-state index contributed by atoms with van der Waals surface area (Å²) in [6, 6.07) is 6.08. The third-order valence-corrected chi connectivity index (χ3v) is 2.70. The zero-order valence-corrected chi connectivity index (χ0v) is 11.5. The number of para-hydroxylation sites is 1. The van der Waals surface area contributed by atoms with Crippen molar-refractivity contribution in [2.75, 3.05) is 12.8 Å². The van der Waals surface area contributed by atoms with Gasteiger partial charge in [0.25, 0.3) is 5.91 Å². The van der Waals surface area contributed by atoms with Crippen molar-refractivity contribution in [1.82, 2.24) is 5.32 Å². The predicted octanol–water partition coefficient (Wildman–Crippen LogP) is 1.59. The van der Waals surface area contributed by atoms with Gasteiger partial charge in [0.15, 0.2) is 0 Å². The Labute approximate surface area is 113 Å². The fraction of sp³-hybridized carbons (Fsp3) is 0.429. The minimum absolute atomic E-state index is 0.262. The number of benzene rings is 1. The van der Waals surface area contributed by atoms with Crippen LogP contribution in [0.15, 0.2) is 24.3 Å². The van der Waals surface area contributed by atoms with Crippen LogP contribution in [0, 0.1) is 5.92 Å². The van der Waals surface area contributed by atoms with Crippen molar-refractivity contribution < 1.29 is 14.3 Å². The second-order valence-corrected chi connectivity index (χ2v) is 4.77. The lowest BCUT2D eigenvalue weighted by atomic mass is 10.0. The van der Waals surface area contributed by atoms with Gasteiger partial charge in [0, 0.05) is 5.69 Å². The number of methoxy groups -OCH3 is 1. The van der Waals surface area contributed by atoms with E-state index in [2.05, 4.69) is 5.32 Å². The molecule has 104 valence electrons. The van der Waals surface area contributed by atoms with Gasteiger partial charge in [0.2, 0.25) is 0 Å². The van der Waals surface area contributed by atoms with Crippen molar-refractivity contribution in [3.63, 3.8) is 0 Å². The molecule has 5 heteroatoms. The Bertz CT molecular complexity index is 458. The second kappa shape index (κ2) is 6.78. The molecule has 0 fully saturated rings. The van der Waals surface area contributed by atoms with E-state index in [0.29, 0.717) is 17.7 Å². The molecule has 1 aromatic carbocycles. The van der Waals surface area contributed by atoms with E-state index in [9.17, 15) is 9.59 Å². The zero-order chi connectivity index (χ0) is 14.4. The van der Waals surface area contributed by atoms with E-state index in [0.717, 1.165) is 0 Å². The van der Waals surface area contributed by atoms with Crippen LogP contribution in [0.4, 0.5) is 5.69 Å². The number of amides is 1. The number of esters is 1. The molecular formula is C14H20N2O3. The van der Waals surface area contributed by atoms with Gasteiger partial charge >= 0.3 is 5.97 Å². The fourth-order valence-electron chi connectivity index (χ4n) is 1.77. The number of rotatable bonds is 5. The lowest BCUT2D eigenvalue weighted by molar-refractivity contribution is -0.143. The molecule has 1 rings (SSSR count). The van der Waals surface area contributed by atoms with E-state index >= 15 is 0 Å². The molecule has 0 aromatic heterocycles. The summed E-state index contributed by atoms with van der Waals surface area (Å²) in [4.78, 5) is 23.7. The first-order chi connectivity index (χ1) is 8.95. The van der Waals surface area contributed by atoms with Crippen molar-refractivity contribution in [2.24, 2.45) is 5.92 Å². The average Bonchev–Trinajstić information content (AvgIpc) is 2.36. The van der Waals surface area contributed by atoms with Crippen molar-refractivity contribution in [2.45, 2.75) is 26.3 Å². The van der Waals surface area contributed by atoms with E-state index in [1.807, 2.05) is 13.8 Å². The van der Waals surface area contributed by atoms with E-state index < -0.39 is 12.0 Å². The SMILES string of the molecule is COC(=O)[C@H](CC(C)C)NC(=O)c1ccccc1N. The summed E-state index contributed by atoms with van der Waals surface area (Å²) >= 11 is 0. The van der Waals surface area contributed by atoms with Gasteiger partial charge < -0.3 is 15.8 Å². The Morgan fingerprint density at radius 2 is 1.95 bits per heavy atom. The van der Waals surface area contributed by atoms with Crippen molar-refractivity contribution >= 4 is 17.6 Å². The molecule has 0 radical (unpaired) electrons. The molecule has 1 aromatic rings. The summed E-state index contributed by atoms with van der Waals surface area (Å²) in [5.41, 5.74) is 6.47. The minimum atomic E-state index is -0.655. The van der Waals surface area contributed by atoms with E-state index in [1.54, 1.807) is 24.3 Å². The van der Waals surface area contributed by atoms with Gasteiger partial charge in [0.1, 0.15) is 6.04 Å². The van der Waals surface area contributed by atoms with Gasteiger partial charge in [-0.1, -0.05) is 26.0 Å². The number of nitrogen functional groups attached to an aromatic ring is 1. The Balaban J connectivity index is 2.82. The quantitative estimate of drug-likeness (QED) is 0.625. The van der Waals surface area contributed by atoms with Crippen LogP contribution in [-0.2, 0) is 9.53 Å². The van der Waals surface area contributed by atoms with Gasteiger partial charge in [-0.05, 0) is 24.5 Å². The van der Waals surface area contributed by atoms with Crippen LogP contribution in [0.3, 0.4) is 0 Å². The number of nitrogens with two attached hydrogens (primary N) is 1. The Morgan fingerprint density at radius 1 is 1.32 bits per heavy atom. The highest BCUT2D eigenvalue weighted by molar-refractivity contribution is 6.00. The Morgan fingerprint density at radius 3 is 2.47 bits per heavy atom. The van der Waals surface area contributed by atoms with Gasteiger partial charge in [-0.25, -0.2) is 4.79 Å². The van der Waals surface area contributed by atoms with Crippen LogP contribution >= 0.6 is 0 Å². The van der Waals surface area contributed by atoms with Gasteiger partial charge in [-0.2, -0.15) is 0 Å². The second-order valence-electron chi connectivity index (χ2n) is 4.77. The van der Waals surface area contributed by atoms with Crippen molar-refractivity contribution in [3.05, 3.63) is 29.8 Å². The molecule has 0 aliphatic rings. The van der Waals surface area contributed by atoms with Crippen LogP contribution in [0.1, 0.15) is 30.6 Å². The summed E-state index contributed by atoms with van der Waals surface area (Å²) in [6.07, 6.45) is 0.519. The highest BCUT2D eigenvalue weighted by Crippen LogP contribution is 2.12. The molecule has 1 amide bonds. The van der Waals surface area contributed by atoms with E-state index in [1.165, 1.54) is 7.11 Å². The molecule has 5 nitrogen and oxygen atoms in total. The first-order valence-corrected chi connectivity index (χ1v) is 6.19. The summed E-state index contributed by atoms with van der Waals surface area (Å²) in [6.45, 7) is 3.94. The summed E-state index contributed by atoms with van der Waals surface area (Å²) < 4.78 is 4.70. The molecule has 0 heterocycles. The van der Waals surface area contributed by atoms with Crippen molar-refractivity contribution in [3.8, 4) is 0 Å². The normalized spacial score (nSPS) is 12.0.